The lowest BCUT2D eigenvalue weighted by Crippen LogP contribution is -2.29. The van der Waals surface area contributed by atoms with E-state index in [1.807, 2.05) is 30.3 Å². The van der Waals surface area contributed by atoms with Gasteiger partial charge in [-0.05, 0) is 34.7 Å². The van der Waals surface area contributed by atoms with Gasteiger partial charge >= 0.3 is 0 Å². The van der Waals surface area contributed by atoms with E-state index >= 15 is 0 Å². The second-order valence-electron chi connectivity index (χ2n) is 4.84. The molecule has 3 aromatic rings. The number of tetrazole rings is 1. The fraction of sp³-hybridized carbons (Fsp3) is 0.125. The Labute approximate surface area is 137 Å². The summed E-state index contributed by atoms with van der Waals surface area (Å²) in [7, 11) is 0. The summed E-state index contributed by atoms with van der Waals surface area (Å²) >= 11 is 0. The molecule has 1 aromatic heterocycles. The van der Waals surface area contributed by atoms with Crippen LogP contribution in [0.4, 0.5) is 4.39 Å². The Morgan fingerprint density at radius 3 is 2.67 bits per heavy atom. The molecule has 24 heavy (non-hydrogen) atoms. The molecular formula is C16H14FN5O2. The maximum absolute atomic E-state index is 13.4. The highest BCUT2D eigenvalue weighted by atomic mass is 19.1. The van der Waals surface area contributed by atoms with E-state index in [0.29, 0.717) is 5.82 Å². The number of rotatable bonds is 6. The molecule has 0 saturated carbocycles. The minimum absolute atomic E-state index is 0.0294. The molecule has 0 unspecified atom stereocenters. The van der Waals surface area contributed by atoms with Crippen molar-refractivity contribution in [2.45, 2.75) is 6.54 Å². The number of hydrogen-bond acceptors (Lipinski definition) is 5. The molecule has 0 spiro atoms. The van der Waals surface area contributed by atoms with E-state index < -0.39 is 11.7 Å². The van der Waals surface area contributed by atoms with Crippen LogP contribution in [0, 0.1) is 5.82 Å². The van der Waals surface area contributed by atoms with Gasteiger partial charge in [0.15, 0.2) is 24.0 Å². The van der Waals surface area contributed by atoms with Crippen molar-refractivity contribution in [2.75, 3.05) is 6.61 Å². The first-order valence-corrected chi connectivity index (χ1v) is 7.21. The lowest BCUT2D eigenvalue weighted by Gasteiger charge is -2.08. The summed E-state index contributed by atoms with van der Waals surface area (Å²) in [6, 6.07) is 15.2. The molecule has 7 nitrogen and oxygen atoms in total. The summed E-state index contributed by atoms with van der Waals surface area (Å²) in [5, 5.41) is 14.0. The van der Waals surface area contributed by atoms with Gasteiger partial charge in [0.1, 0.15) is 0 Å². The standard InChI is InChI=1S/C16H14FN5O2/c17-13-8-4-5-9-14(13)24-11-16(23)18-10-15-19-20-21-22(15)12-6-2-1-3-7-12/h1-9H,10-11H2,(H,18,23). The maximum atomic E-state index is 13.4. The molecule has 0 atom stereocenters. The fourth-order valence-electron chi connectivity index (χ4n) is 2.02. The van der Waals surface area contributed by atoms with Crippen molar-refractivity contribution >= 4 is 5.91 Å². The first-order chi connectivity index (χ1) is 11.7. The Morgan fingerprint density at radius 2 is 1.88 bits per heavy atom. The summed E-state index contributed by atoms with van der Waals surface area (Å²) in [5.41, 5.74) is 0.786. The largest absolute Gasteiger partial charge is 0.481 e. The minimum atomic E-state index is -0.515. The van der Waals surface area contributed by atoms with Crippen LogP contribution in [0.25, 0.3) is 5.69 Å². The number of carbonyl (C=O) groups excluding carboxylic acids is 1. The maximum Gasteiger partial charge on any atom is 0.258 e. The van der Waals surface area contributed by atoms with Crippen LogP contribution in [0.5, 0.6) is 5.75 Å². The van der Waals surface area contributed by atoms with Crippen molar-refractivity contribution in [1.29, 1.82) is 0 Å². The van der Waals surface area contributed by atoms with Crippen LogP contribution in [0.2, 0.25) is 0 Å². The predicted octanol–water partition coefficient (Wildman–Crippen LogP) is 1.50. The lowest BCUT2D eigenvalue weighted by atomic mass is 10.3. The molecule has 3 rings (SSSR count). The van der Waals surface area contributed by atoms with E-state index in [-0.39, 0.29) is 18.9 Å². The topological polar surface area (TPSA) is 81.9 Å². The van der Waals surface area contributed by atoms with Crippen LogP contribution in [-0.2, 0) is 11.3 Å². The summed E-state index contributed by atoms with van der Waals surface area (Å²) in [6.07, 6.45) is 0. The zero-order valence-electron chi connectivity index (χ0n) is 12.6. The van der Waals surface area contributed by atoms with E-state index in [1.165, 1.54) is 16.8 Å². The second kappa shape index (κ2) is 7.32. The molecule has 1 heterocycles. The van der Waals surface area contributed by atoms with Crippen LogP contribution in [0.15, 0.2) is 54.6 Å². The van der Waals surface area contributed by atoms with Gasteiger partial charge in [0, 0.05) is 0 Å². The number of nitrogens with zero attached hydrogens (tertiary/aromatic N) is 4. The molecule has 1 N–H and O–H groups in total. The van der Waals surface area contributed by atoms with Crippen LogP contribution in [0.3, 0.4) is 0 Å². The number of carbonyl (C=O) groups is 1. The third-order valence-electron chi connectivity index (χ3n) is 3.17. The summed E-state index contributed by atoms with van der Waals surface area (Å²) in [6.45, 7) is -0.171. The number of ether oxygens (including phenoxy) is 1. The van der Waals surface area contributed by atoms with E-state index in [9.17, 15) is 9.18 Å². The predicted molar refractivity (Wildman–Crippen MR) is 82.9 cm³/mol. The number of halogens is 1. The van der Waals surface area contributed by atoms with Crippen LogP contribution in [0.1, 0.15) is 5.82 Å². The molecule has 8 heteroatoms. The zero-order chi connectivity index (χ0) is 16.8. The number of para-hydroxylation sites is 2. The average Bonchev–Trinajstić information content (AvgIpc) is 3.08. The van der Waals surface area contributed by atoms with Gasteiger partial charge in [0.2, 0.25) is 0 Å². The molecule has 0 aliphatic carbocycles. The highest BCUT2D eigenvalue weighted by Crippen LogP contribution is 2.14. The van der Waals surface area contributed by atoms with Crippen molar-refractivity contribution in [3.05, 3.63) is 66.2 Å². The Bertz CT molecular complexity index is 822. The number of nitrogens with one attached hydrogen (secondary N) is 1. The van der Waals surface area contributed by atoms with Crippen molar-refractivity contribution in [1.82, 2.24) is 25.5 Å². The smallest absolute Gasteiger partial charge is 0.258 e. The summed E-state index contributed by atoms with van der Waals surface area (Å²) < 4.78 is 20.1. The molecular weight excluding hydrogens is 313 g/mol. The molecule has 122 valence electrons. The monoisotopic (exact) mass is 327 g/mol. The number of benzene rings is 2. The Hall–Kier alpha value is -3.29. The number of aromatic nitrogens is 4. The molecule has 0 fully saturated rings. The molecule has 2 aromatic carbocycles. The molecule has 1 amide bonds. The van der Waals surface area contributed by atoms with Gasteiger partial charge in [0.25, 0.3) is 5.91 Å². The normalized spacial score (nSPS) is 10.4. The molecule has 0 saturated heterocycles. The van der Waals surface area contributed by atoms with Crippen LogP contribution < -0.4 is 10.1 Å². The molecule has 0 bridgehead atoms. The summed E-state index contributed by atoms with van der Waals surface area (Å²) in [5.74, 6) is -0.415. The SMILES string of the molecule is O=C(COc1ccccc1F)NCc1nnnn1-c1ccccc1. The first-order valence-electron chi connectivity index (χ1n) is 7.21. The average molecular weight is 327 g/mol. The number of hydrogen-bond donors (Lipinski definition) is 1. The Morgan fingerprint density at radius 1 is 1.12 bits per heavy atom. The lowest BCUT2D eigenvalue weighted by molar-refractivity contribution is -0.123. The molecule has 0 aliphatic heterocycles. The summed E-state index contributed by atoms with van der Waals surface area (Å²) in [4.78, 5) is 11.8. The Balaban J connectivity index is 1.56. The van der Waals surface area contributed by atoms with Crippen molar-refractivity contribution in [3.63, 3.8) is 0 Å². The van der Waals surface area contributed by atoms with E-state index in [4.69, 9.17) is 4.74 Å². The van der Waals surface area contributed by atoms with E-state index in [1.54, 1.807) is 12.1 Å². The van der Waals surface area contributed by atoms with Gasteiger partial charge in [-0.3, -0.25) is 4.79 Å². The van der Waals surface area contributed by atoms with Crippen molar-refractivity contribution in [3.8, 4) is 11.4 Å². The second-order valence-corrected chi connectivity index (χ2v) is 4.84. The third-order valence-corrected chi connectivity index (χ3v) is 3.17. The van der Waals surface area contributed by atoms with Gasteiger partial charge in [-0.25, -0.2) is 4.39 Å². The fourth-order valence-corrected chi connectivity index (χ4v) is 2.02. The van der Waals surface area contributed by atoms with Crippen molar-refractivity contribution in [2.24, 2.45) is 0 Å². The van der Waals surface area contributed by atoms with Gasteiger partial charge in [-0.1, -0.05) is 30.3 Å². The highest BCUT2D eigenvalue weighted by molar-refractivity contribution is 5.77. The molecule has 0 aliphatic rings. The van der Waals surface area contributed by atoms with Gasteiger partial charge in [-0.15, -0.1) is 5.10 Å². The quantitative estimate of drug-likeness (QED) is 0.742. The highest BCUT2D eigenvalue weighted by Gasteiger charge is 2.11. The van der Waals surface area contributed by atoms with Crippen LogP contribution >= 0.6 is 0 Å². The van der Waals surface area contributed by atoms with Gasteiger partial charge < -0.3 is 10.1 Å². The van der Waals surface area contributed by atoms with E-state index in [2.05, 4.69) is 20.8 Å². The van der Waals surface area contributed by atoms with Crippen LogP contribution in [-0.4, -0.2) is 32.7 Å². The van der Waals surface area contributed by atoms with Gasteiger partial charge in [0.05, 0.1) is 12.2 Å². The van der Waals surface area contributed by atoms with Gasteiger partial charge in [-0.2, -0.15) is 4.68 Å². The third kappa shape index (κ3) is 3.72. The first kappa shape index (κ1) is 15.6. The van der Waals surface area contributed by atoms with Crippen molar-refractivity contribution < 1.29 is 13.9 Å². The van der Waals surface area contributed by atoms with E-state index in [0.717, 1.165) is 5.69 Å². The Kier molecular flexibility index (Phi) is 4.76. The minimum Gasteiger partial charge on any atom is -0.481 e. The number of amides is 1. The molecule has 0 radical (unpaired) electrons. The zero-order valence-corrected chi connectivity index (χ0v) is 12.6.